The van der Waals surface area contributed by atoms with Gasteiger partial charge in [0.25, 0.3) is 0 Å². The molecule has 25 heavy (non-hydrogen) atoms. The van der Waals surface area contributed by atoms with Gasteiger partial charge in [-0.2, -0.15) is 13.2 Å². The Kier molecular flexibility index (Phi) is 5.80. The Morgan fingerprint density at radius 2 is 1.44 bits per heavy atom. The highest BCUT2D eigenvalue weighted by molar-refractivity contribution is 6.03. The summed E-state index contributed by atoms with van der Waals surface area (Å²) in [6.45, 7) is 1.64. The maximum Gasteiger partial charge on any atom is 0.429 e. The van der Waals surface area contributed by atoms with Crippen molar-refractivity contribution in [2.24, 2.45) is 0 Å². The minimum absolute atomic E-state index is 0.0669. The Labute approximate surface area is 142 Å². The van der Waals surface area contributed by atoms with Crippen LogP contribution in [0.15, 0.2) is 54.6 Å². The molecule has 0 aliphatic carbocycles. The number of ether oxygens (including phenoxy) is 2. The maximum absolute atomic E-state index is 13.3. The average Bonchev–Trinajstić information content (AvgIpc) is 2.59. The van der Waals surface area contributed by atoms with Crippen molar-refractivity contribution < 1.29 is 32.2 Å². The predicted molar refractivity (Wildman–Crippen MR) is 83.1 cm³/mol. The molecule has 0 amide bonds. The largest absolute Gasteiger partial charge is 0.462 e. The maximum atomic E-state index is 13.3. The fourth-order valence-electron chi connectivity index (χ4n) is 2.17. The summed E-state index contributed by atoms with van der Waals surface area (Å²) < 4.78 is 49.4. The van der Waals surface area contributed by atoms with Gasteiger partial charge in [-0.1, -0.05) is 42.5 Å². The van der Waals surface area contributed by atoms with Crippen LogP contribution in [0.25, 0.3) is 0 Å². The molecule has 0 radical (unpaired) electrons. The highest BCUT2D eigenvalue weighted by Gasteiger charge is 2.44. The van der Waals surface area contributed by atoms with E-state index >= 15 is 0 Å². The van der Waals surface area contributed by atoms with Gasteiger partial charge in [0.1, 0.15) is 0 Å². The summed E-state index contributed by atoms with van der Waals surface area (Å²) in [5, 5.41) is 0. The highest BCUT2D eigenvalue weighted by atomic mass is 19.4. The molecule has 2 rings (SSSR count). The number of benzene rings is 2. The predicted octanol–water partition coefficient (Wildman–Crippen LogP) is 4.32. The third kappa shape index (κ3) is 4.59. The molecule has 2 aromatic carbocycles. The molecule has 0 aliphatic rings. The Hall–Kier alpha value is -2.83. The highest BCUT2D eigenvalue weighted by Crippen LogP contribution is 2.36. The molecule has 1 unspecified atom stereocenters. The second-order valence-corrected chi connectivity index (χ2v) is 5.00. The van der Waals surface area contributed by atoms with Crippen molar-refractivity contribution in [3.63, 3.8) is 0 Å². The molecule has 2 aromatic rings. The molecule has 7 heteroatoms. The van der Waals surface area contributed by atoms with E-state index in [2.05, 4.69) is 4.74 Å². The second-order valence-electron chi connectivity index (χ2n) is 5.00. The van der Waals surface area contributed by atoms with E-state index in [4.69, 9.17) is 4.74 Å². The summed E-state index contributed by atoms with van der Waals surface area (Å²) in [5.74, 6) is -2.06. The zero-order valence-corrected chi connectivity index (χ0v) is 13.2. The van der Waals surface area contributed by atoms with Gasteiger partial charge in [-0.05, 0) is 19.1 Å². The monoisotopic (exact) mass is 352 g/mol. The smallest absolute Gasteiger partial charge is 0.429 e. The standard InChI is InChI=1S/C18H15F3O4/c1-2-24-16(22)13-10-6-7-11-14(13)17(23)25-15(18(19,20)21)12-8-4-3-5-9-12/h3-11,15H,2H2,1H3. The van der Waals surface area contributed by atoms with Crippen LogP contribution in [-0.4, -0.2) is 24.7 Å². The van der Waals surface area contributed by atoms with Crippen LogP contribution in [0.5, 0.6) is 0 Å². The van der Waals surface area contributed by atoms with E-state index in [9.17, 15) is 22.8 Å². The van der Waals surface area contributed by atoms with E-state index < -0.39 is 24.2 Å². The normalized spacial score (nSPS) is 12.3. The Morgan fingerprint density at radius 1 is 0.920 bits per heavy atom. The molecule has 0 spiro atoms. The molecule has 0 fully saturated rings. The van der Waals surface area contributed by atoms with Gasteiger partial charge < -0.3 is 9.47 Å². The summed E-state index contributed by atoms with van der Waals surface area (Å²) >= 11 is 0. The van der Waals surface area contributed by atoms with Crippen molar-refractivity contribution >= 4 is 11.9 Å². The first kappa shape index (κ1) is 18.5. The van der Waals surface area contributed by atoms with Crippen LogP contribution in [0, 0.1) is 0 Å². The van der Waals surface area contributed by atoms with E-state index in [1.54, 1.807) is 13.0 Å². The van der Waals surface area contributed by atoms with Gasteiger partial charge in [0.15, 0.2) is 0 Å². The Morgan fingerprint density at radius 3 is 1.96 bits per heavy atom. The lowest BCUT2D eigenvalue weighted by atomic mass is 10.1. The molecule has 0 aromatic heterocycles. The molecule has 4 nitrogen and oxygen atoms in total. The van der Waals surface area contributed by atoms with E-state index in [0.29, 0.717) is 0 Å². The summed E-state index contributed by atoms with van der Waals surface area (Å²) in [4.78, 5) is 24.1. The topological polar surface area (TPSA) is 52.6 Å². The van der Waals surface area contributed by atoms with Crippen LogP contribution in [0.3, 0.4) is 0 Å². The van der Waals surface area contributed by atoms with Gasteiger partial charge in [0.05, 0.1) is 17.7 Å². The Bertz CT molecular complexity index is 741. The lowest BCUT2D eigenvalue weighted by Gasteiger charge is -2.21. The molecule has 0 saturated heterocycles. The van der Waals surface area contributed by atoms with Gasteiger partial charge >= 0.3 is 18.1 Å². The van der Waals surface area contributed by atoms with Gasteiger partial charge in [-0.25, -0.2) is 9.59 Å². The first-order valence-corrected chi connectivity index (χ1v) is 7.43. The molecule has 1 atom stereocenters. The van der Waals surface area contributed by atoms with Crippen molar-refractivity contribution in [3.05, 3.63) is 71.3 Å². The van der Waals surface area contributed by atoms with Crippen LogP contribution in [0.1, 0.15) is 39.3 Å². The van der Waals surface area contributed by atoms with Crippen LogP contribution in [0.4, 0.5) is 13.2 Å². The molecule has 132 valence electrons. The van der Waals surface area contributed by atoms with Crippen LogP contribution in [-0.2, 0) is 9.47 Å². The van der Waals surface area contributed by atoms with Crippen molar-refractivity contribution in [2.45, 2.75) is 19.2 Å². The van der Waals surface area contributed by atoms with Crippen LogP contribution in [0.2, 0.25) is 0 Å². The number of hydrogen-bond acceptors (Lipinski definition) is 4. The number of carbonyl (C=O) groups is 2. The molecule has 0 aliphatic heterocycles. The minimum Gasteiger partial charge on any atom is -0.462 e. The number of carbonyl (C=O) groups excluding carboxylic acids is 2. The van der Waals surface area contributed by atoms with Crippen molar-refractivity contribution in [1.82, 2.24) is 0 Å². The van der Waals surface area contributed by atoms with E-state index in [1.807, 2.05) is 0 Å². The molecular formula is C18H15F3O4. The zero-order valence-electron chi connectivity index (χ0n) is 13.2. The summed E-state index contributed by atoms with van der Waals surface area (Å²) in [6, 6.07) is 12.2. The molecule has 0 N–H and O–H groups in total. The van der Waals surface area contributed by atoms with Gasteiger partial charge in [-0.3, -0.25) is 0 Å². The number of halogens is 3. The van der Waals surface area contributed by atoms with Crippen molar-refractivity contribution in [1.29, 1.82) is 0 Å². The van der Waals surface area contributed by atoms with Crippen LogP contribution < -0.4 is 0 Å². The van der Waals surface area contributed by atoms with Crippen molar-refractivity contribution in [3.8, 4) is 0 Å². The number of esters is 2. The first-order chi connectivity index (χ1) is 11.8. The minimum atomic E-state index is -4.80. The molecule has 0 heterocycles. The van der Waals surface area contributed by atoms with Crippen molar-refractivity contribution in [2.75, 3.05) is 6.61 Å². The number of alkyl halides is 3. The lowest BCUT2D eigenvalue weighted by molar-refractivity contribution is -0.207. The molecule has 0 bridgehead atoms. The van der Waals surface area contributed by atoms with E-state index in [0.717, 1.165) is 0 Å². The third-order valence-electron chi connectivity index (χ3n) is 3.27. The second kappa shape index (κ2) is 7.83. The zero-order chi connectivity index (χ0) is 18.4. The Balaban J connectivity index is 2.33. The quantitative estimate of drug-likeness (QED) is 0.752. The fourth-order valence-corrected chi connectivity index (χ4v) is 2.17. The summed E-state index contributed by atoms with van der Waals surface area (Å²) in [7, 11) is 0. The van der Waals surface area contributed by atoms with Gasteiger partial charge in [0.2, 0.25) is 6.10 Å². The summed E-state index contributed by atoms with van der Waals surface area (Å²) in [6.07, 6.45) is -7.23. The fraction of sp³-hybridized carbons (Fsp3) is 0.222. The first-order valence-electron chi connectivity index (χ1n) is 7.43. The summed E-state index contributed by atoms with van der Waals surface area (Å²) in [5.41, 5.74) is -0.647. The van der Waals surface area contributed by atoms with Crippen LogP contribution >= 0.6 is 0 Å². The third-order valence-corrected chi connectivity index (χ3v) is 3.27. The number of rotatable bonds is 5. The average molecular weight is 352 g/mol. The SMILES string of the molecule is CCOC(=O)c1ccccc1C(=O)OC(c1ccccc1)C(F)(F)F. The van der Waals surface area contributed by atoms with E-state index in [-0.39, 0.29) is 23.3 Å². The number of hydrogen-bond donors (Lipinski definition) is 0. The van der Waals surface area contributed by atoms with Gasteiger partial charge in [-0.15, -0.1) is 0 Å². The molecule has 0 saturated carbocycles. The van der Waals surface area contributed by atoms with E-state index in [1.165, 1.54) is 48.5 Å². The molecular weight excluding hydrogens is 337 g/mol. The van der Waals surface area contributed by atoms with Gasteiger partial charge in [0, 0.05) is 5.56 Å². The lowest BCUT2D eigenvalue weighted by Crippen LogP contribution is -2.27.